The Balaban J connectivity index is 1.56. The molecular formula is C24H31ClN4O3. The fraction of sp³-hybridized carbons (Fsp3) is 0.458. The zero-order valence-corrected chi connectivity index (χ0v) is 19.9. The molecule has 0 aliphatic carbocycles. The van der Waals surface area contributed by atoms with Crippen LogP contribution < -0.4 is 10.4 Å². The van der Waals surface area contributed by atoms with Crippen LogP contribution >= 0.6 is 11.6 Å². The Labute approximate surface area is 194 Å². The van der Waals surface area contributed by atoms with Crippen LogP contribution in [0.3, 0.4) is 0 Å². The van der Waals surface area contributed by atoms with Gasteiger partial charge in [-0.15, -0.1) is 0 Å². The summed E-state index contributed by atoms with van der Waals surface area (Å²) in [5.74, 6) is -0.132. The van der Waals surface area contributed by atoms with Gasteiger partial charge in [0, 0.05) is 18.8 Å². The molecular weight excluding hydrogens is 428 g/mol. The van der Waals surface area contributed by atoms with Crippen molar-refractivity contribution in [3.8, 4) is 0 Å². The third kappa shape index (κ3) is 5.11. The molecule has 1 N–H and O–H groups in total. The maximum Gasteiger partial charge on any atom is 0.258 e. The highest BCUT2D eigenvalue weighted by Crippen LogP contribution is 2.32. The second-order valence-corrected chi connectivity index (χ2v) is 9.82. The van der Waals surface area contributed by atoms with Crippen LogP contribution in [0.15, 0.2) is 42.5 Å². The maximum absolute atomic E-state index is 12.3. The number of nitrogens with zero attached hydrogens (tertiary/aromatic N) is 3. The minimum absolute atomic E-state index is 0.0259. The lowest BCUT2D eigenvalue weighted by Crippen LogP contribution is -2.76. The summed E-state index contributed by atoms with van der Waals surface area (Å²) >= 11 is 5.84. The fourth-order valence-electron chi connectivity index (χ4n) is 4.63. The summed E-state index contributed by atoms with van der Waals surface area (Å²) in [5, 5.41) is 15.5. The van der Waals surface area contributed by atoms with Gasteiger partial charge in [-0.25, -0.2) is 4.98 Å². The third-order valence-electron chi connectivity index (χ3n) is 6.38. The van der Waals surface area contributed by atoms with Crippen LogP contribution in [-0.4, -0.2) is 64.0 Å². The van der Waals surface area contributed by atoms with Gasteiger partial charge in [-0.05, 0) is 57.5 Å². The van der Waals surface area contributed by atoms with Crippen LogP contribution in [0.4, 0.5) is 10.5 Å². The Hall–Kier alpha value is -2.48. The number of aromatic nitrogens is 1. The van der Waals surface area contributed by atoms with Crippen LogP contribution in [-0.2, 0) is 6.54 Å². The molecule has 1 aromatic carbocycles. The molecule has 1 aromatic heterocycles. The average molecular weight is 459 g/mol. The van der Waals surface area contributed by atoms with Crippen molar-refractivity contribution in [2.45, 2.75) is 45.8 Å². The Morgan fingerprint density at radius 2 is 1.91 bits per heavy atom. The quantitative estimate of drug-likeness (QED) is 0.406. The van der Waals surface area contributed by atoms with E-state index in [0.29, 0.717) is 30.5 Å². The summed E-state index contributed by atoms with van der Waals surface area (Å²) in [5.41, 5.74) is 1.89. The highest BCUT2D eigenvalue weighted by molar-refractivity contribution is 6.29. The predicted molar refractivity (Wildman–Crippen MR) is 124 cm³/mol. The summed E-state index contributed by atoms with van der Waals surface area (Å²) < 4.78 is -0.0259. The topological polar surface area (TPSA) is 85.4 Å². The number of nitrogens with one attached hydrogen (secondary N) is 1. The van der Waals surface area contributed by atoms with E-state index in [1.807, 2.05) is 52.0 Å². The first-order valence-corrected chi connectivity index (χ1v) is 11.2. The normalized spacial score (nSPS) is 21.8. The molecule has 2 heterocycles. The lowest BCUT2D eigenvalue weighted by Gasteiger charge is -2.55. The molecule has 2 aromatic rings. The number of hydrogen-bond donors (Lipinski definition) is 1. The third-order valence-corrected chi connectivity index (χ3v) is 6.59. The molecule has 3 rings (SSSR count). The van der Waals surface area contributed by atoms with Gasteiger partial charge in [0.2, 0.25) is 0 Å². The van der Waals surface area contributed by atoms with Crippen molar-refractivity contribution in [1.29, 1.82) is 0 Å². The number of hydrogen-bond acceptors (Lipinski definition) is 6. The zero-order chi connectivity index (χ0) is 23.5. The number of piperazine rings is 1. The number of ketones is 1. The van der Waals surface area contributed by atoms with Crippen molar-refractivity contribution in [1.82, 2.24) is 9.88 Å². The molecule has 1 fully saturated rings. The minimum atomic E-state index is -0.998. The molecule has 1 unspecified atom stereocenters. The number of pyridine rings is 1. The van der Waals surface area contributed by atoms with Gasteiger partial charge in [-0.3, -0.25) is 14.2 Å². The SMILES string of the molecule is C[C@H]1CN(Cc2ccc(NCC(=O)c3cccc(Cl)n3)cc2)CC[N+]1(C(=O)[O-])C(C)(C)C. The van der Waals surface area contributed by atoms with E-state index in [9.17, 15) is 14.7 Å². The van der Waals surface area contributed by atoms with Gasteiger partial charge in [0.15, 0.2) is 5.78 Å². The van der Waals surface area contributed by atoms with Gasteiger partial charge in [-0.2, -0.15) is 0 Å². The Morgan fingerprint density at radius 1 is 1.22 bits per heavy atom. The second-order valence-electron chi connectivity index (χ2n) is 9.43. The lowest BCUT2D eigenvalue weighted by atomic mass is 9.95. The van der Waals surface area contributed by atoms with Gasteiger partial charge < -0.3 is 15.2 Å². The van der Waals surface area contributed by atoms with E-state index in [1.165, 1.54) is 0 Å². The summed E-state index contributed by atoms with van der Waals surface area (Å²) in [6.45, 7) is 10.7. The van der Waals surface area contributed by atoms with Gasteiger partial charge in [-0.1, -0.05) is 29.8 Å². The van der Waals surface area contributed by atoms with E-state index in [-0.39, 0.29) is 22.9 Å². The van der Waals surface area contributed by atoms with Crippen molar-refractivity contribution < 1.29 is 19.2 Å². The molecule has 0 spiro atoms. The number of rotatable bonds is 6. The van der Waals surface area contributed by atoms with Crippen molar-refractivity contribution in [2.75, 3.05) is 31.5 Å². The van der Waals surface area contributed by atoms with Crippen molar-refractivity contribution in [3.63, 3.8) is 0 Å². The lowest BCUT2D eigenvalue weighted by molar-refractivity contribution is -0.943. The van der Waals surface area contributed by atoms with E-state index in [2.05, 4.69) is 15.2 Å². The van der Waals surface area contributed by atoms with Crippen LogP contribution in [0.2, 0.25) is 5.15 Å². The van der Waals surface area contributed by atoms with Gasteiger partial charge >= 0.3 is 0 Å². The van der Waals surface area contributed by atoms with Crippen LogP contribution in [0.5, 0.6) is 0 Å². The van der Waals surface area contributed by atoms with E-state index in [4.69, 9.17) is 11.6 Å². The summed E-state index contributed by atoms with van der Waals surface area (Å²) in [7, 11) is 0. The van der Waals surface area contributed by atoms with Crippen LogP contribution in [0, 0.1) is 0 Å². The minimum Gasteiger partial charge on any atom is -0.498 e. The number of anilines is 1. The number of Topliss-reactive ketones (excluding diaryl/α,β-unsaturated/α-hetero) is 1. The molecule has 1 aliphatic rings. The number of benzene rings is 1. The average Bonchev–Trinajstić information content (AvgIpc) is 2.72. The largest absolute Gasteiger partial charge is 0.498 e. The number of halogens is 1. The zero-order valence-electron chi connectivity index (χ0n) is 19.1. The predicted octanol–water partition coefficient (Wildman–Crippen LogP) is 3.19. The first kappa shape index (κ1) is 24.2. The molecule has 1 aliphatic heterocycles. The number of carbonyl (C=O) groups is 2. The summed E-state index contributed by atoms with van der Waals surface area (Å²) in [6, 6.07) is 12.8. The molecule has 0 radical (unpaired) electrons. The smallest absolute Gasteiger partial charge is 0.258 e. The highest BCUT2D eigenvalue weighted by atomic mass is 35.5. The second kappa shape index (κ2) is 9.57. The monoisotopic (exact) mass is 458 g/mol. The molecule has 7 nitrogen and oxygen atoms in total. The van der Waals surface area contributed by atoms with Crippen molar-refractivity contribution >= 4 is 29.2 Å². The first-order valence-electron chi connectivity index (χ1n) is 10.8. The standard InChI is InChI=1S/C24H31ClN4O3/c1-17-15-28(12-13-29(17,23(31)32)24(2,3)4)16-18-8-10-19(11-9-18)26-14-21(30)20-6-5-7-22(25)27-20/h5-11,17,26H,12-16H2,1-4H3/t17-,29?/m0/s1. The van der Waals surface area contributed by atoms with E-state index < -0.39 is 11.6 Å². The van der Waals surface area contributed by atoms with Gasteiger partial charge in [0.25, 0.3) is 6.09 Å². The molecule has 8 heteroatoms. The molecule has 0 saturated carbocycles. The Morgan fingerprint density at radius 3 is 2.47 bits per heavy atom. The van der Waals surface area contributed by atoms with Gasteiger partial charge in [0.05, 0.1) is 25.2 Å². The molecule has 0 bridgehead atoms. The summed E-state index contributed by atoms with van der Waals surface area (Å²) in [6.07, 6.45) is -0.998. The fourth-order valence-corrected chi connectivity index (χ4v) is 4.80. The van der Waals surface area contributed by atoms with E-state index >= 15 is 0 Å². The highest BCUT2D eigenvalue weighted by Gasteiger charge is 2.49. The number of quaternary nitrogens is 1. The Kier molecular flexibility index (Phi) is 7.22. The Bertz CT molecular complexity index is 974. The van der Waals surface area contributed by atoms with Crippen LogP contribution in [0.25, 0.3) is 0 Å². The maximum atomic E-state index is 12.3. The first-order chi connectivity index (χ1) is 15.0. The number of amides is 1. The number of carboxylic acid groups (broad SMARTS) is 1. The summed E-state index contributed by atoms with van der Waals surface area (Å²) in [4.78, 5) is 30.6. The molecule has 172 valence electrons. The molecule has 1 amide bonds. The van der Waals surface area contributed by atoms with Crippen molar-refractivity contribution in [2.24, 2.45) is 0 Å². The molecule has 2 atom stereocenters. The van der Waals surface area contributed by atoms with Gasteiger partial charge in [0.1, 0.15) is 16.9 Å². The van der Waals surface area contributed by atoms with E-state index in [1.54, 1.807) is 18.2 Å². The number of carbonyl (C=O) groups excluding carboxylic acids is 2. The van der Waals surface area contributed by atoms with Crippen molar-refractivity contribution in [3.05, 3.63) is 58.9 Å². The molecule has 1 saturated heterocycles. The van der Waals surface area contributed by atoms with Crippen LogP contribution in [0.1, 0.15) is 43.7 Å². The van der Waals surface area contributed by atoms with E-state index in [0.717, 1.165) is 17.8 Å². The molecule has 32 heavy (non-hydrogen) atoms.